The van der Waals surface area contributed by atoms with Crippen molar-refractivity contribution in [3.05, 3.63) is 0 Å². The fourth-order valence-corrected chi connectivity index (χ4v) is 8.37. The number of hydrogen-bond acceptors (Lipinski definition) is 2. The Hall–Kier alpha value is -0.0800. The molecule has 0 aromatic rings. The highest BCUT2D eigenvalue weighted by atomic mass is 16.3. The fraction of sp³-hybridized carbons (Fsp3) is 1.00. The second-order valence-corrected chi connectivity index (χ2v) is 9.83. The van der Waals surface area contributed by atoms with E-state index in [-0.39, 0.29) is 17.6 Å². The van der Waals surface area contributed by atoms with Gasteiger partial charge in [-0.25, -0.2) is 0 Å². The van der Waals surface area contributed by atoms with Crippen molar-refractivity contribution in [1.82, 2.24) is 0 Å². The zero-order chi connectivity index (χ0) is 15.1. The smallest absolute Gasteiger partial charge is 0.0596 e. The summed E-state index contributed by atoms with van der Waals surface area (Å²) in [5.41, 5.74) is 0.815. The molecule has 5 fully saturated rings. The van der Waals surface area contributed by atoms with Crippen molar-refractivity contribution >= 4 is 0 Å². The van der Waals surface area contributed by atoms with Gasteiger partial charge in [-0.3, -0.25) is 0 Å². The molecule has 5 rings (SSSR count). The first-order valence-corrected chi connectivity index (χ1v) is 9.91. The lowest BCUT2D eigenvalue weighted by Crippen LogP contribution is -2.61. The van der Waals surface area contributed by atoms with Gasteiger partial charge in [0.2, 0.25) is 0 Å². The largest absolute Gasteiger partial charge is 0.393 e. The van der Waals surface area contributed by atoms with Crippen LogP contribution in [0.4, 0.5) is 0 Å². The van der Waals surface area contributed by atoms with E-state index in [1.54, 1.807) is 0 Å². The molecule has 5 aliphatic carbocycles. The summed E-state index contributed by atoms with van der Waals surface area (Å²) in [6.07, 6.45) is 12.5. The topological polar surface area (TPSA) is 40.5 Å². The van der Waals surface area contributed by atoms with Gasteiger partial charge in [0.1, 0.15) is 0 Å². The molecule has 2 N–H and O–H groups in total. The second-order valence-electron chi connectivity index (χ2n) is 9.83. The Morgan fingerprint density at radius 2 is 1.77 bits per heavy atom. The maximum absolute atomic E-state index is 10.6. The van der Waals surface area contributed by atoms with Crippen molar-refractivity contribution in [1.29, 1.82) is 0 Å². The summed E-state index contributed by atoms with van der Waals surface area (Å²) >= 11 is 0. The normalized spacial score (nSPS) is 63.1. The van der Waals surface area contributed by atoms with Gasteiger partial charge >= 0.3 is 0 Å². The minimum absolute atomic E-state index is 0.0180. The highest BCUT2D eigenvalue weighted by molar-refractivity contribution is 5.16. The molecule has 0 amide bonds. The summed E-state index contributed by atoms with van der Waals surface area (Å²) < 4.78 is 0. The minimum atomic E-state index is -0.0446. The van der Waals surface area contributed by atoms with E-state index in [0.717, 1.165) is 48.9 Å². The summed E-state index contributed by atoms with van der Waals surface area (Å²) in [5.74, 6) is 4.36. The molecule has 0 aliphatic heterocycles. The number of aliphatic hydroxyl groups excluding tert-OH is 2. The van der Waals surface area contributed by atoms with E-state index in [4.69, 9.17) is 0 Å². The Bertz CT molecular complexity index is 476. The van der Waals surface area contributed by atoms with Crippen molar-refractivity contribution in [2.75, 3.05) is 0 Å². The van der Waals surface area contributed by atoms with Crippen LogP contribution in [0.1, 0.15) is 71.1 Å². The molecule has 0 saturated heterocycles. The van der Waals surface area contributed by atoms with Gasteiger partial charge in [0.15, 0.2) is 0 Å². The van der Waals surface area contributed by atoms with Crippen LogP contribution in [0.5, 0.6) is 0 Å². The van der Waals surface area contributed by atoms with Crippen LogP contribution in [0, 0.1) is 40.4 Å². The van der Waals surface area contributed by atoms with Gasteiger partial charge in [-0.05, 0) is 105 Å². The van der Waals surface area contributed by atoms with E-state index >= 15 is 0 Å². The lowest BCUT2D eigenvalue weighted by molar-refractivity contribution is -0.193. The predicted octanol–water partition coefficient (Wildman–Crippen LogP) is 3.75. The van der Waals surface area contributed by atoms with Crippen LogP contribution in [-0.4, -0.2) is 22.4 Å². The van der Waals surface area contributed by atoms with Gasteiger partial charge in [0.25, 0.3) is 0 Å². The molecule has 0 radical (unpaired) electrons. The Morgan fingerprint density at radius 1 is 0.909 bits per heavy atom. The summed E-state index contributed by atoms with van der Waals surface area (Å²) in [6.45, 7) is 2.41. The Morgan fingerprint density at radius 3 is 2.64 bits per heavy atom. The lowest BCUT2D eigenvalue weighted by Gasteiger charge is -2.67. The van der Waals surface area contributed by atoms with Crippen LogP contribution >= 0.6 is 0 Å². The number of fused-ring (bicyclic) bond motifs is 2. The van der Waals surface area contributed by atoms with E-state index in [1.807, 2.05) is 0 Å². The number of rotatable bonds is 0. The van der Waals surface area contributed by atoms with Crippen LogP contribution in [0.2, 0.25) is 0 Å². The molecule has 0 aromatic carbocycles. The average molecular weight is 304 g/mol. The monoisotopic (exact) mass is 304 g/mol. The second kappa shape index (κ2) is 4.51. The lowest BCUT2D eigenvalue weighted by atomic mass is 9.38. The third-order valence-corrected chi connectivity index (χ3v) is 9.37. The average Bonchev–Trinajstić information content (AvgIpc) is 2.70. The molecule has 7 unspecified atom stereocenters. The van der Waals surface area contributed by atoms with Gasteiger partial charge in [0, 0.05) is 0 Å². The van der Waals surface area contributed by atoms with Crippen molar-refractivity contribution in [2.45, 2.75) is 83.3 Å². The molecular formula is C20H32O2. The predicted molar refractivity (Wildman–Crippen MR) is 86.2 cm³/mol. The van der Waals surface area contributed by atoms with Gasteiger partial charge in [-0.2, -0.15) is 0 Å². The van der Waals surface area contributed by atoms with Crippen molar-refractivity contribution in [3.63, 3.8) is 0 Å². The van der Waals surface area contributed by atoms with Crippen LogP contribution in [0.3, 0.4) is 0 Å². The molecule has 5 aliphatic rings. The van der Waals surface area contributed by atoms with Gasteiger partial charge in [0.05, 0.1) is 12.2 Å². The van der Waals surface area contributed by atoms with E-state index in [9.17, 15) is 10.2 Å². The molecule has 0 bridgehead atoms. The number of aliphatic hydroxyl groups is 2. The third kappa shape index (κ3) is 1.59. The molecule has 9 atom stereocenters. The highest BCUT2D eigenvalue weighted by Gasteiger charge is 2.67. The molecule has 5 saturated carbocycles. The molecule has 124 valence electrons. The molecule has 2 nitrogen and oxygen atoms in total. The van der Waals surface area contributed by atoms with E-state index in [0.29, 0.717) is 5.41 Å². The molecule has 22 heavy (non-hydrogen) atoms. The maximum Gasteiger partial charge on any atom is 0.0596 e. The van der Waals surface area contributed by atoms with E-state index < -0.39 is 0 Å². The highest BCUT2D eigenvalue weighted by Crippen LogP contribution is 2.73. The fourth-order valence-electron chi connectivity index (χ4n) is 8.37. The summed E-state index contributed by atoms with van der Waals surface area (Å²) in [4.78, 5) is 0. The molecular weight excluding hydrogens is 272 g/mol. The summed E-state index contributed by atoms with van der Waals surface area (Å²) in [5, 5.41) is 20.8. The first-order chi connectivity index (χ1) is 10.5. The van der Waals surface area contributed by atoms with Gasteiger partial charge in [-0.15, -0.1) is 0 Å². The molecule has 0 heterocycles. The molecule has 0 aromatic heterocycles. The van der Waals surface area contributed by atoms with Gasteiger partial charge in [-0.1, -0.05) is 6.92 Å². The van der Waals surface area contributed by atoms with Crippen LogP contribution in [-0.2, 0) is 0 Å². The van der Waals surface area contributed by atoms with E-state index in [1.165, 1.54) is 44.9 Å². The standard InChI is InChI=1S/C20H32O2/c1-19-8-6-12-11-20-9-7-14(21)10-13(20)2-3-15(18(12)20)16(19)4-5-17(19)22/h12-18,21-22H,2-11H2,1H3/t12?,13?,14?,15?,16?,17?,18?,19-,20+/m0/s1. The minimum Gasteiger partial charge on any atom is -0.393 e. The van der Waals surface area contributed by atoms with Crippen LogP contribution < -0.4 is 0 Å². The molecule has 1 spiro atoms. The SMILES string of the molecule is C[C@]12CCC3C[C@]45CCC(O)CC4CCC(C1CCC2O)C35. The zero-order valence-corrected chi connectivity index (χ0v) is 14.0. The van der Waals surface area contributed by atoms with Crippen molar-refractivity contribution in [3.8, 4) is 0 Å². The summed E-state index contributed by atoms with van der Waals surface area (Å²) in [7, 11) is 0. The zero-order valence-electron chi connectivity index (χ0n) is 14.0. The number of hydrogen-bond donors (Lipinski definition) is 2. The maximum atomic E-state index is 10.6. The molecule has 2 heteroatoms. The quantitative estimate of drug-likeness (QED) is 0.715. The first-order valence-electron chi connectivity index (χ1n) is 9.91. The Labute approximate surface area is 134 Å². The van der Waals surface area contributed by atoms with E-state index in [2.05, 4.69) is 6.92 Å². The van der Waals surface area contributed by atoms with Crippen LogP contribution in [0.15, 0.2) is 0 Å². The van der Waals surface area contributed by atoms with Gasteiger partial charge < -0.3 is 10.2 Å². The van der Waals surface area contributed by atoms with Crippen molar-refractivity contribution in [2.24, 2.45) is 40.4 Å². The first kappa shape index (κ1) is 14.3. The van der Waals surface area contributed by atoms with Crippen molar-refractivity contribution < 1.29 is 10.2 Å². The Kier molecular flexibility index (Phi) is 2.92. The van der Waals surface area contributed by atoms with Crippen LogP contribution in [0.25, 0.3) is 0 Å². The Balaban J connectivity index is 1.50. The summed E-state index contributed by atoms with van der Waals surface area (Å²) in [6, 6.07) is 0. The third-order valence-electron chi connectivity index (χ3n) is 9.37.